The number of piperazine rings is 1. The molecule has 3 rings (SSSR count). The van der Waals surface area contributed by atoms with E-state index in [1.807, 2.05) is 12.1 Å². The zero-order chi connectivity index (χ0) is 16.8. The Morgan fingerprint density at radius 2 is 1.62 bits per heavy atom. The maximum atomic E-state index is 9.43. The number of hydrogen-bond donors (Lipinski definition) is 1. The Balaban J connectivity index is 1.58. The number of hydrogen-bond acceptors (Lipinski definition) is 4. The second-order valence-electron chi connectivity index (χ2n) is 6.16. The maximum Gasteiger partial charge on any atom is 0.115 e. The minimum absolute atomic E-state index is 0.295. The van der Waals surface area contributed by atoms with Gasteiger partial charge < -0.3 is 5.11 Å². The van der Waals surface area contributed by atoms with Crippen molar-refractivity contribution >= 4 is 5.71 Å². The fourth-order valence-corrected chi connectivity index (χ4v) is 2.99. The monoisotopic (exact) mass is 323 g/mol. The Morgan fingerprint density at radius 1 is 0.958 bits per heavy atom. The van der Waals surface area contributed by atoms with Gasteiger partial charge in [-0.25, -0.2) is 0 Å². The van der Waals surface area contributed by atoms with Crippen LogP contribution < -0.4 is 0 Å². The molecule has 1 aliphatic rings. The highest BCUT2D eigenvalue weighted by Gasteiger charge is 2.16. The van der Waals surface area contributed by atoms with E-state index in [4.69, 9.17) is 5.10 Å². The van der Waals surface area contributed by atoms with E-state index in [9.17, 15) is 5.11 Å². The lowest BCUT2D eigenvalue weighted by Gasteiger charge is -2.33. The summed E-state index contributed by atoms with van der Waals surface area (Å²) >= 11 is 0. The highest BCUT2D eigenvalue weighted by Crippen LogP contribution is 2.14. The van der Waals surface area contributed by atoms with Crippen molar-refractivity contribution in [1.29, 1.82) is 0 Å². The van der Waals surface area contributed by atoms with Crippen molar-refractivity contribution in [3.05, 3.63) is 65.7 Å². The van der Waals surface area contributed by atoms with Crippen LogP contribution in [0.5, 0.6) is 5.75 Å². The Bertz CT molecular complexity index is 659. The fraction of sp³-hybridized carbons (Fsp3) is 0.350. The van der Waals surface area contributed by atoms with Crippen molar-refractivity contribution < 1.29 is 5.11 Å². The largest absolute Gasteiger partial charge is 0.508 e. The molecule has 0 saturated carbocycles. The van der Waals surface area contributed by atoms with E-state index in [-0.39, 0.29) is 0 Å². The molecule has 1 N–H and O–H groups in total. The average Bonchev–Trinajstić information content (AvgIpc) is 2.63. The molecule has 1 fully saturated rings. The van der Waals surface area contributed by atoms with Gasteiger partial charge in [0.1, 0.15) is 5.75 Å². The number of nitrogens with zero attached hydrogens (tertiary/aromatic N) is 3. The van der Waals surface area contributed by atoms with Crippen molar-refractivity contribution in [1.82, 2.24) is 9.91 Å². The van der Waals surface area contributed by atoms with Crippen molar-refractivity contribution in [3.63, 3.8) is 0 Å². The number of phenols is 1. The van der Waals surface area contributed by atoms with Crippen molar-refractivity contribution in [3.8, 4) is 5.75 Å². The van der Waals surface area contributed by atoms with Crippen molar-refractivity contribution in [2.24, 2.45) is 5.10 Å². The second-order valence-corrected chi connectivity index (χ2v) is 6.16. The van der Waals surface area contributed by atoms with Gasteiger partial charge in [0.25, 0.3) is 0 Å². The third-order valence-electron chi connectivity index (χ3n) is 4.40. The summed E-state index contributed by atoms with van der Waals surface area (Å²) in [7, 11) is 0. The van der Waals surface area contributed by atoms with Crippen LogP contribution in [0.3, 0.4) is 0 Å². The predicted molar refractivity (Wildman–Crippen MR) is 98.2 cm³/mol. The quantitative estimate of drug-likeness (QED) is 0.858. The van der Waals surface area contributed by atoms with Crippen molar-refractivity contribution in [2.75, 3.05) is 26.2 Å². The summed E-state index contributed by atoms with van der Waals surface area (Å²) < 4.78 is 0. The highest BCUT2D eigenvalue weighted by atomic mass is 16.3. The van der Waals surface area contributed by atoms with E-state index in [1.165, 1.54) is 5.56 Å². The molecule has 2 aromatic carbocycles. The Morgan fingerprint density at radius 3 is 2.25 bits per heavy atom. The van der Waals surface area contributed by atoms with E-state index < -0.39 is 0 Å². The van der Waals surface area contributed by atoms with Gasteiger partial charge in [-0.3, -0.25) is 9.91 Å². The molecule has 0 aliphatic carbocycles. The molecule has 0 radical (unpaired) electrons. The van der Waals surface area contributed by atoms with Crippen molar-refractivity contribution in [2.45, 2.75) is 19.9 Å². The summed E-state index contributed by atoms with van der Waals surface area (Å²) in [5.74, 6) is 0.295. The molecule has 0 amide bonds. The van der Waals surface area contributed by atoms with Crippen LogP contribution in [-0.2, 0) is 6.54 Å². The van der Waals surface area contributed by atoms with Crippen LogP contribution in [0.15, 0.2) is 59.7 Å². The molecular weight excluding hydrogens is 298 g/mol. The lowest BCUT2D eigenvalue weighted by atomic mass is 10.1. The van der Waals surface area contributed by atoms with Crippen LogP contribution in [0, 0.1) is 0 Å². The molecule has 2 aromatic rings. The maximum absolute atomic E-state index is 9.43. The minimum Gasteiger partial charge on any atom is -0.508 e. The van der Waals surface area contributed by atoms with Gasteiger partial charge in [0.2, 0.25) is 0 Å². The number of benzene rings is 2. The molecular formula is C20H25N3O. The van der Waals surface area contributed by atoms with Gasteiger partial charge in [-0.1, -0.05) is 37.3 Å². The van der Waals surface area contributed by atoms with Gasteiger partial charge in [0, 0.05) is 32.7 Å². The molecule has 1 saturated heterocycles. The molecule has 0 unspecified atom stereocenters. The molecule has 126 valence electrons. The zero-order valence-electron chi connectivity index (χ0n) is 14.2. The van der Waals surface area contributed by atoms with Crippen LogP contribution in [0.4, 0.5) is 0 Å². The normalized spacial score (nSPS) is 16.4. The third kappa shape index (κ3) is 4.36. The molecule has 0 bridgehead atoms. The van der Waals surface area contributed by atoms with E-state index in [1.54, 1.807) is 12.1 Å². The minimum atomic E-state index is 0.295. The fourth-order valence-electron chi connectivity index (χ4n) is 2.99. The summed E-state index contributed by atoms with van der Waals surface area (Å²) in [5, 5.41) is 16.4. The molecule has 4 heteroatoms. The third-order valence-corrected chi connectivity index (χ3v) is 4.40. The van der Waals surface area contributed by atoms with Gasteiger partial charge in [-0.2, -0.15) is 5.10 Å². The van der Waals surface area contributed by atoms with Gasteiger partial charge >= 0.3 is 0 Å². The Labute approximate surface area is 144 Å². The SMILES string of the molecule is CC/C(=N\N1CCN(Cc2ccccc2)CC1)c1ccc(O)cc1. The number of phenolic OH excluding ortho intramolecular Hbond substituents is 1. The van der Waals surface area contributed by atoms with Gasteiger partial charge in [-0.15, -0.1) is 0 Å². The van der Waals surface area contributed by atoms with E-state index >= 15 is 0 Å². The summed E-state index contributed by atoms with van der Waals surface area (Å²) in [5.41, 5.74) is 3.53. The van der Waals surface area contributed by atoms with Crippen LogP contribution in [-0.4, -0.2) is 46.9 Å². The Hall–Kier alpha value is -2.33. The first-order chi connectivity index (χ1) is 11.7. The van der Waals surface area contributed by atoms with Crippen LogP contribution in [0.2, 0.25) is 0 Å². The van der Waals surface area contributed by atoms with Gasteiger partial charge in [-0.05, 0) is 41.8 Å². The molecule has 1 heterocycles. The van der Waals surface area contributed by atoms with Crippen LogP contribution in [0.1, 0.15) is 24.5 Å². The first kappa shape index (κ1) is 16.5. The smallest absolute Gasteiger partial charge is 0.115 e. The average molecular weight is 323 g/mol. The lowest BCUT2D eigenvalue weighted by molar-refractivity contribution is 0.130. The number of hydrazone groups is 1. The first-order valence-corrected chi connectivity index (χ1v) is 8.62. The molecule has 4 nitrogen and oxygen atoms in total. The number of rotatable bonds is 5. The molecule has 0 aromatic heterocycles. The summed E-state index contributed by atoms with van der Waals surface area (Å²) in [6.45, 7) is 7.10. The molecule has 0 spiro atoms. The Kier molecular flexibility index (Phi) is 5.49. The summed E-state index contributed by atoms with van der Waals surface area (Å²) in [6, 6.07) is 17.9. The zero-order valence-corrected chi connectivity index (χ0v) is 14.2. The van der Waals surface area contributed by atoms with Crippen LogP contribution >= 0.6 is 0 Å². The molecule has 0 atom stereocenters. The predicted octanol–water partition coefficient (Wildman–Crippen LogP) is 3.32. The van der Waals surface area contributed by atoms with Gasteiger partial charge in [0.05, 0.1) is 5.71 Å². The van der Waals surface area contributed by atoms with E-state index in [0.29, 0.717) is 5.75 Å². The van der Waals surface area contributed by atoms with Crippen LogP contribution in [0.25, 0.3) is 0 Å². The summed E-state index contributed by atoms with van der Waals surface area (Å²) in [4.78, 5) is 2.48. The van der Waals surface area contributed by atoms with Gasteiger partial charge in [0.15, 0.2) is 0 Å². The highest BCUT2D eigenvalue weighted by molar-refractivity contribution is 6.00. The molecule has 1 aliphatic heterocycles. The topological polar surface area (TPSA) is 39.1 Å². The van der Waals surface area contributed by atoms with E-state index in [0.717, 1.165) is 50.4 Å². The number of aromatic hydroxyl groups is 1. The first-order valence-electron chi connectivity index (χ1n) is 8.62. The second kappa shape index (κ2) is 7.97. The standard InChI is InChI=1S/C20H25N3O/c1-2-20(18-8-10-19(24)11-9-18)21-23-14-12-22(13-15-23)16-17-6-4-3-5-7-17/h3-11,24H,2,12-16H2,1H3/b21-20+. The lowest BCUT2D eigenvalue weighted by Crippen LogP contribution is -2.43. The molecule has 24 heavy (non-hydrogen) atoms. The van der Waals surface area contributed by atoms with E-state index in [2.05, 4.69) is 47.2 Å². The summed E-state index contributed by atoms with van der Waals surface area (Å²) in [6.07, 6.45) is 0.884.